The van der Waals surface area contributed by atoms with E-state index in [1.165, 1.54) is 0 Å². The van der Waals surface area contributed by atoms with Crippen molar-refractivity contribution in [2.45, 2.75) is 12.8 Å². The van der Waals surface area contributed by atoms with Gasteiger partial charge < -0.3 is 15.3 Å². The average Bonchev–Trinajstić information content (AvgIpc) is 3.18. The van der Waals surface area contributed by atoms with Gasteiger partial charge in [-0.1, -0.05) is 0 Å². The maximum Gasteiger partial charge on any atom is 0.323 e. The molecule has 1 saturated carbocycles. The van der Waals surface area contributed by atoms with Crippen LogP contribution in [0.3, 0.4) is 0 Å². The fourth-order valence-corrected chi connectivity index (χ4v) is 1.84. The quantitative estimate of drug-likeness (QED) is 0.821. The van der Waals surface area contributed by atoms with Crippen LogP contribution in [0.15, 0.2) is 12.1 Å². The lowest BCUT2D eigenvalue weighted by Gasteiger charge is -2.21. The van der Waals surface area contributed by atoms with Crippen LogP contribution < -0.4 is 5.32 Å². The van der Waals surface area contributed by atoms with Crippen LogP contribution in [0, 0.1) is 23.4 Å². The number of carboxylic acids is 1. The van der Waals surface area contributed by atoms with E-state index in [-0.39, 0.29) is 12.5 Å². The molecule has 0 aliphatic heterocycles. The van der Waals surface area contributed by atoms with Crippen LogP contribution in [0.1, 0.15) is 12.8 Å². The summed E-state index contributed by atoms with van der Waals surface area (Å²) >= 11 is 0. The van der Waals surface area contributed by atoms with Gasteiger partial charge in [0.2, 0.25) is 0 Å². The summed E-state index contributed by atoms with van der Waals surface area (Å²) in [6.45, 7) is -0.362. The number of carboxylic acid groups (broad SMARTS) is 1. The molecule has 0 spiro atoms. The van der Waals surface area contributed by atoms with Crippen molar-refractivity contribution in [3.63, 3.8) is 0 Å². The molecule has 0 bridgehead atoms. The zero-order valence-electron chi connectivity index (χ0n) is 10.9. The van der Waals surface area contributed by atoms with Crippen LogP contribution in [0.25, 0.3) is 0 Å². The Balaban J connectivity index is 2.11. The highest BCUT2D eigenvalue weighted by atomic mass is 19.2. The minimum atomic E-state index is -1.43. The molecule has 2 N–H and O–H groups in total. The van der Waals surface area contributed by atoms with Gasteiger partial charge >= 0.3 is 12.0 Å². The van der Waals surface area contributed by atoms with Gasteiger partial charge in [0.25, 0.3) is 0 Å². The largest absolute Gasteiger partial charge is 0.480 e. The minimum absolute atomic E-state index is 0.206. The first-order valence-electron chi connectivity index (χ1n) is 6.29. The molecule has 1 aromatic carbocycles. The Bertz CT molecular complexity index is 576. The number of nitrogens with one attached hydrogen (secondary N) is 1. The number of aliphatic carboxylic acids is 1. The van der Waals surface area contributed by atoms with E-state index in [0.29, 0.717) is 12.1 Å². The van der Waals surface area contributed by atoms with Crippen molar-refractivity contribution in [2.75, 3.05) is 18.4 Å². The van der Waals surface area contributed by atoms with Gasteiger partial charge in [0.05, 0.1) is 5.69 Å². The number of halogens is 3. The number of anilines is 1. The van der Waals surface area contributed by atoms with Crippen molar-refractivity contribution in [2.24, 2.45) is 5.92 Å². The van der Waals surface area contributed by atoms with E-state index in [4.69, 9.17) is 5.11 Å². The van der Waals surface area contributed by atoms with E-state index in [2.05, 4.69) is 0 Å². The highest BCUT2D eigenvalue weighted by Gasteiger charge is 2.28. The molecule has 1 aromatic rings. The van der Waals surface area contributed by atoms with Gasteiger partial charge in [-0.15, -0.1) is 0 Å². The third kappa shape index (κ3) is 4.11. The SMILES string of the molecule is O=C(O)CN(CC1CC1)C(=O)Nc1cc(F)cc(F)c1F. The van der Waals surface area contributed by atoms with Gasteiger partial charge in [-0.05, 0) is 18.8 Å². The van der Waals surface area contributed by atoms with Crippen molar-refractivity contribution in [3.8, 4) is 0 Å². The van der Waals surface area contributed by atoms with Crippen LogP contribution in [0.5, 0.6) is 0 Å². The molecule has 5 nitrogen and oxygen atoms in total. The summed E-state index contributed by atoms with van der Waals surface area (Å²) in [6, 6.07) is 0.0737. The molecule has 0 saturated heterocycles. The molecule has 21 heavy (non-hydrogen) atoms. The molecule has 8 heteroatoms. The highest BCUT2D eigenvalue weighted by molar-refractivity contribution is 5.91. The summed E-state index contributed by atoms with van der Waals surface area (Å²) < 4.78 is 39.5. The van der Waals surface area contributed by atoms with E-state index < -0.39 is 41.7 Å². The maximum absolute atomic E-state index is 13.5. The van der Waals surface area contributed by atoms with Crippen LogP contribution in [0.2, 0.25) is 0 Å². The standard InChI is InChI=1S/C13H13F3N2O3/c14-8-3-9(15)12(16)10(4-8)17-13(21)18(6-11(19)20)5-7-1-2-7/h3-4,7H,1-2,5-6H2,(H,17,21)(H,19,20). The number of hydrogen-bond donors (Lipinski definition) is 2. The van der Waals surface area contributed by atoms with Crippen molar-refractivity contribution < 1.29 is 27.9 Å². The van der Waals surface area contributed by atoms with Crippen molar-refractivity contribution in [3.05, 3.63) is 29.6 Å². The Morgan fingerprint density at radius 1 is 1.29 bits per heavy atom. The Morgan fingerprint density at radius 2 is 1.95 bits per heavy atom. The van der Waals surface area contributed by atoms with E-state index in [0.717, 1.165) is 17.7 Å². The normalized spacial score (nSPS) is 13.9. The van der Waals surface area contributed by atoms with E-state index in [9.17, 15) is 22.8 Å². The Kier molecular flexibility index (Phi) is 4.35. The Hall–Kier alpha value is -2.25. The molecule has 2 rings (SSSR count). The van der Waals surface area contributed by atoms with Gasteiger partial charge in [0, 0.05) is 18.7 Å². The first kappa shape index (κ1) is 15.1. The number of nitrogens with zero attached hydrogens (tertiary/aromatic N) is 1. The van der Waals surface area contributed by atoms with Gasteiger partial charge in [-0.25, -0.2) is 18.0 Å². The third-order valence-electron chi connectivity index (χ3n) is 3.02. The van der Waals surface area contributed by atoms with Crippen LogP contribution in [0.4, 0.5) is 23.7 Å². The predicted octanol–water partition coefficient (Wildman–Crippen LogP) is 2.43. The topological polar surface area (TPSA) is 69.6 Å². The molecule has 1 aliphatic carbocycles. The monoisotopic (exact) mass is 302 g/mol. The fourth-order valence-electron chi connectivity index (χ4n) is 1.84. The number of benzene rings is 1. The van der Waals surface area contributed by atoms with Crippen LogP contribution >= 0.6 is 0 Å². The second-order valence-corrected chi connectivity index (χ2v) is 4.90. The summed E-state index contributed by atoms with van der Waals surface area (Å²) in [5, 5.41) is 10.8. The van der Waals surface area contributed by atoms with E-state index in [1.807, 2.05) is 5.32 Å². The summed E-state index contributed by atoms with van der Waals surface area (Å²) in [4.78, 5) is 23.6. The number of amides is 2. The van der Waals surface area contributed by atoms with Gasteiger partial charge in [-0.2, -0.15) is 0 Å². The molecule has 1 aliphatic rings. The lowest BCUT2D eigenvalue weighted by atomic mass is 10.3. The summed E-state index contributed by atoms with van der Waals surface area (Å²) in [7, 11) is 0. The summed E-state index contributed by atoms with van der Waals surface area (Å²) in [5.41, 5.74) is -0.663. The number of carbonyl (C=O) groups is 2. The highest BCUT2D eigenvalue weighted by Crippen LogP contribution is 2.30. The number of hydrogen-bond acceptors (Lipinski definition) is 2. The Morgan fingerprint density at radius 3 is 2.52 bits per heavy atom. The second-order valence-electron chi connectivity index (χ2n) is 4.90. The van der Waals surface area contributed by atoms with Crippen LogP contribution in [-0.2, 0) is 4.79 Å². The molecule has 1 fully saturated rings. The van der Waals surface area contributed by atoms with Crippen LogP contribution in [-0.4, -0.2) is 35.1 Å². The van der Waals surface area contributed by atoms with Gasteiger partial charge in [-0.3, -0.25) is 4.79 Å². The molecule has 0 heterocycles. The maximum atomic E-state index is 13.5. The summed E-state index contributed by atoms with van der Waals surface area (Å²) in [6.07, 6.45) is 1.76. The minimum Gasteiger partial charge on any atom is -0.480 e. The van der Waals surface area contributed by atoms with Gasteiger partial charge in [0.15, 0.2) is 11.6 Å². The lowest BCUT2D eigenvalue weighted by molar-refractivity contribution is -0.137. The zero-order valence-corrected chi connectivity index (χ0v) is 10.9. The van der Waals surface area contributed by atoms with Crippen molar-refractivity contribution in [1.82, 2.24) is 4.90 Å². The molecule has 0 radical (unpaired) electrons. The molecule has 0 atom stereocenters. The Labute approximate surface area is 118 Å². The van der Waals surface area contributed by atoms with Crippen molar-refractivity contribution >= 4 is 17.7 Å². The van der Waals surface area contributed by atoms with Gasteiger partial charge in [0.1, 0.15) is 12.4 Å². The molecule has 0 aromatic heterocycles. The third-order valence-corrected chi connectivity index (χ3v) is 3.02. The molecule has 114 valence electrons. The summed E-state index contributed by atoms with van der Waals surface area (Å²) in [5.74, 6) is -4.89. The smallest absolute Gasteiger partial charge is 0.323 e. The van der Waals surface area contributed by atoms with E-state index >= 15 is 0 Å². The second kappa shape index (κ2) is 6.02. The molecule has 0 unspecified atom stereocenters. The number of rotatable bonds is 5. The first-order chi connectivity index (χ1) is 9.86. The van der Waals surface area contributed by atoms with E-state index in [1.54, 1.807) is 0 Å². The average molecular weight is 302 g/mol. The predicted molar refractivity (Wildman–Crippen MR) is 67.3 cm³/mol. The van der Waals surface area contributed by atoms with Crippen molar-refractivity contribution in [1.29, 1.82) is 0 Å². The zero-order chi connectivity index (χ0) is 15.6. The molecular weight excluding hydrogens is 289 g/mol. The number of urea groups is 1. The molecule has 2 amide bonds. The lowest BCUT2D eigenvalue weighted by Crippen LogP contribution is -2.40. The molecular formula is C13H13F3N2O3. The fraction of sp³-hybridized carbons (Fsp3) is 0.385. The number of carbonyl (C=O) groups excluding carboxylic acids is 1. The first-order valence-corrected chi connectivity index (χ1v) is 6.29.